The Kier molecular flexibility index (Phi) is 4.27. The van der Waals surface area contributed by atoms with Crippen LogP contribution in [0.15, 0.2) is 18.2 Å². The maximum absolute atomic E-state index is 11.4. The maximum Gasteiger partial charge on any atom is 0.325 e. The van der Waals surface area contributed by atoms with Crippen molar-refractivity contribution < 1.29 is 19.4 Å². The second kappa shape index (κ2) is 5.93. The van der Waals surface area contributed by atoms with Gasteiger partial charge in [0.1, 0.15) is 17.5 Å². The number of benzene rings is 1. The molecular weight excluding hydrogens is 246 g/mol. The van der Waals surface area contributed by atoms with E-state index in [1.807, 2.05) is 0 Å². The van der Waals surface area contributed by atoms with Crippen molar-refractivity contribution in [1.29, 1.82) is 0 Å². The van der Waals surface area contributed by atoms with Gasteiger partial charge in [0.2, 0.25) is 0 Å². The first kappa shape index (κ1) is 13.7. The van der Waals surface area contributed by atoms with Crippen LogP contribution in [0.25, 0.3) is 0 Å². The van der Waals surface area contributed by atoms with Gasteiger partial charge in [0, 0.05) is 11.6 Å². The third-order valence-corrected chi connectivity index (χ3v) is 3.31. The molecule has 2 rings (SSSR count). The molecule has 0 bridgehead atoms. The Hall–Kier alpha value is -1.75. The van der Waals surface area contributed by atoms with Crippen LogP contribution >= 0.6 is 0 Å². The van der Waals surface area contributed by atoms with E-state index >= 15 is 0 Å². The Morgan fingerprint density at radius 2 is 2.16 bits per heavy atom. The predicted octanol–water partition coefficient (Wildman–Crippen LogP) is 1.83. The fourth-order valence-corrected chi connectivity index (χ4v) is 1.99. The quantitative estimate of drug-likeness (QED) is 0.787. The minimum atomic E-state index is -0.899. The van der Waals surface area contributed by atoms with Gasteiger partial charge < -0.3 is 19.9 Å². The molecule has 0 heterocycles. The highest BCUT2D eigenvalue weighted by Gasteiger charge is 2.27. The lowest BCUT2D eigenvalue weighted by molar-refractivity contribution is -0.139. The van der Waals surface area contributed by atoms with E-state index in [9.17, 15) is 9.90 Å². The number of carboxylic acids is 1. The molecule has 0 saturated heterocycles. The van der Waals surface area contributed by atoms with Gasteiger partial charge in [0.25, 0.3) is 0 Å². The van der Waals surface area contributed by atoms with Crippen molar-refractivity contribution in [3.8, 4) is 11.5 Å². The van der Waals surface area contributed by atoms with Gasteiger partial charge in [0.15, 0.2) is 0 Å². The first-order chi connectivity index (χ1) is 9.15. The van der Waals surface area contributed by atoms with E-state index < -0.39 is 12.0 Å². The molecule has 1 aliphatic rings. The number of nitrogens with one attached hydrogen (secondary N) is 1. The monoisotopic (exact) mass is 265 g/mol. The van der Waals surface area contributed by atoms with E-state index in [2.05, 4.69) is 5.32 Å². The molecule has 1 fully saturated rings. The Morgan fingerprint density at radius 3 is 2.68 bits per heavy atom. The molecule has 1 atom stereocenters. The molecule has 104 valence electrons. The highest BCUT2D eigenvalue weighted by atomic mass is 16.5. The number of hydrogen-bond donors (Lipinski definition) is 2. The number of ether oxygens (including phenoxy) is 2. The average molecular weight is 265 g/mol. The normalized spacial score (nSPS) is 15.9. The molecule has 1 aromatic rings. The Labute approximate surface area is 112 Å². The molecule has 0 aliphatic heterocycles. The highest BCUT2D eigenvalue weighted by Crippen LogP contribution is 2.32. The van der Waals surface area contributed by atoms with Gasteiger partial charge in [-0.15, -0.1) is 0 Å². The molecule has 2 N–H and O–H groups in total. The molecule has 0 amide bonds. The van der Waals surface area contributed by atoms with Crippen LogP contribution in [0, 0.1) is 5.92 Å². The number of carboxylic acid groups (broad SMARTS) is 1. The average Bonchev–Trinajstić information content (AvgIpc) is 3.22. The summed E-state index contributed by atoms with van der Waals surface area (Å²) < 4.78 is 10.4. The van der Waals surface area contributed by atoms with E-state index in [-0.39, 0.29) is 0 Å². The number of carbonyl (C=O) groups is 1. The molecule has 0 spiro atoms. The Balaban J connectivity index is 2.20. The third-order valence-electron chi connectivity index (χ3n) is 3.31. The topological polar surface area (TPSA) is 67.8 Å². The SMILES string of the molecule is COc1ccc(C(NCC2CC2)C(=O)O)c(OC)c1. The van der Waals surface area contributed by atoms with Gasteiger partial charge in [-0.1, -0.05) is 0 Å². The molecule has 5 heteroatoms. The fourth-order valence-electron chi connectivity index (χ4n) is 1.99. The largest absolute Gasteiger partial charge is 0.497 e. The van der Waals surface area contributed by atoms with Crippen molar-refractivity contribution in [2.24, 2.45) is 5.92 Å². The van der Waals surface area contributed by atoms with Crippen LogP contribution in [0.3, 0.4) is 0 Å². The summed E-state index contributed by atoms with van der Waals surface area (Å²) in [5.74, 6) is 0.886. The zero-order chi connectivity index (χ0) is 13.8. The van der Waals surface area contributed by atoms with Gasteiger partial charge in [-0.2, -0.15) is 0 Å². The molecule has 0 radical (unpaired) electrons. The molecule has 1 unspecified atom stereocenters. The summed E-state index contributed by atoms with van der Waals surface area (Å²) in [5, 5.41) is 12.4. The number of methoxy groups -OCH3 is 2. The van der Waals surface area contributed by atoms with Crippen molar-refractivity contribution in [2.45, 2.75) is 18.9 Å². The minimum absolute atomic E-state index is 0.523. The van der Waals surface area contributed by atoms with Crippen molar-refractivity contribution in [1.82, 2.24) is 5.32 Å². The van der Waals surface area contributed by atoms with Crippen molar-refractivity contribution in [3.05, 3.63) is 23.8 Å². The Morgan fingerprint density at radius 1 is 1.42 bits per heavy atom. The standard InChI is InChI=1S/C14H19NO4/c1-18-10-5-6-11(12(7-10)19-2)13(14(16)17)15-8-9-3-4-9/h5-7,9,13,15H,3-4,8H2,1-2H3,(H,16,17). The van der Waals surface area contributed by atoms with Crippen LogP contribution in [0.1, 0.15) is 24.4 Å². The van der Waals surface area contributed by atoms with Crippen LogP contribution in [-0.2, 0) is 4.79 Å². The molecule has 1 aliphatic carbocycles. The summed E-state index contributed by atoms with van der Waals surface area (Å²) in [7, 11) is 3.09. The predicted molar refractivity (Wildman–Crippen MR) is 70.6 cm³/mol. The summed E-state index contributed by atoms with van der Waals surface area (Å²) in [5.41, 5.74) is 0.622. The molecule has 5 nitrogen and oxygen atoms in total. The lowest BCUT2D eigenvalue weighted by Crippen LogP contribution is -2.30. The van der Waals surface area contributed by atoms with Crippen LogP contribution in [-0.4, -0.2) is 31.8 Å². The molecule has 19 heavy (non-hydrogen) atoms. The molecule has 1 saturated carbocycles. The summed E-state index contributed by atoms with van der Waals surface area (Å²) in [4.78, 5) is 11.4. The zero-order valence-corrected chi connectivity index (χ0v) is 11.2. The molecule has 1 aromatic carbocycles. The van der Waals surface area contributed by atoms with Crippen molar-refractivity contribution in [2.75, 3.05) is 20.8 Å². The van der Waals surface area contributed by atoms with Crippen molar-refractivity contribution >= 4 is 5.97 Å². The lowest BCUT2D eigenvalue weighted by Gasteiger charge is -2.18. The second-order valence-electron chi connectivity index (χ2n) is 4.73. The van der Waals surface area contributed by atoms with Gasteiger partial charge in [-0.3, -0.25) is 4.79 Å². The van der Waals surface area contributed by atoms with Gasteiger partial charge >= 0.3 is 5.97 Å². The highest BCUT2D eigenvalue weighted by molar-refractivity contribution is 5.77. The third kappa shape index (κ3) is 3.38. The molecular formula is C14H19NO4. The van der Waals surface area contributed by atoms with Gasteiger partial charge in [0.05, 0.1) is 14.2 Å². The van der Waals surface area contributed by atoms with Crippen molar-refractivity contribution in [3.63, 3.8) is 0 Å². The van der Waals surface area contributed by atoms with E-state index in [4.69, 9.17) is 9.47 Å². The number of aliphatic carboxylic acids is 1. The summed E-state index contributed by atoms with van der Waals surface area (Å²) in [6, 6.07) is 4.42. The summed E-state index contributed by atoms with van der Waals surface area (Å²) in [6.07, 6.45) is 2.36. The van der Waals surface area contributed by atoms with E-state index in [1.54, 1.807) is 25.3 Å². The van der Waals surface area contributed by atoms with Crippen LogP contribution in [0.2, 0.25) is 0 Å². The minimum Gasteiger partial charge on any atom is -0.497 e. The summed E-state index contributed by atoms with van der Waals surface area (Å²) >= 11 is 0. The zero-order valence-electron chi connectivity index (χ0n) is 11.2. The number of rotatable bonds is 7. The smallest absolute Gasteiger partial charge is 0.325 e. The lowest BCUT2D eigenvalue weighted by atomic mass is 10.1. The first-order valence-corrected chi connectivity index (χ1v) is 6.33. The van der Waals surface area contributed by atoms with E-state index in [0.717, 1.165) is 6.54 Å². The fraction of sp³-hybridized carbons (Fsp3) is 0.500. The first-order valence-electron chi connectivity index (χ1n) is 6.33. The van der Waals surface area contributed by atoms with Crippen LogP contribution in [0.5, 0.6) is 11.5 Å². The van der Waals surface area contributed by atoms with E-state index in [1.165, 1.54) is 20.0 Å². The number of hydrogen-bond acceptors (Lipinski definition) is 4. The second-order valence-corrected chi connectivity index (χ2v) is 4.73. The summed E-state index contributed by atoms with van der Waals surface area (Å²) in [6.45, 7) is 0.728. The van der Waals surface area contributed by atoms with Gasteiger partial charge in [-0.25, -0.2) is 0 Å². The van der Waals surface area contributed by atoms with Crippen LogP contribution < -0.4 is 14.8 Å². The van der Waals surface area contributed by atoms with Crippen LogP contribution in [0.4, 0.5) is 0 Å². The van der Waals surface area contributed by atoms with E-state index in [0.29, 0.717) is 23.0 Å². The molecule has 0 aromatic heterocycles. The van der Waals surface area contributed by atoms with Gasteiger partial charge in [-0.05, 0) is 37.4 Å². The maximum atomic E-state index is 11.4. The Bertz CT molecular complexity index is 457.